The van der Waals surface area contributed by atoms with E-state index in [2.05, 4.69) is 15.0 Å². The van der Waals surface area contributed by atoms with Crippen molar-refractivity contribution in [1.82, 2.24) is 15.0 Å². The van der Waals surface area contributed by atoms with Gasteiger partial charge in [0, 0.05) is 24.6 Å². The Kier molecular flexibility index (Phi) is 6.37. The highest BCUT2D eigenvalue weighted by Gasteiger charge is 2.47. The second-order valence-electron chi connectivity index (χ2n) is 8.24. The lowest BCUT2D eigenvalue weighted by Gasteiger charge is -2.27. The van der Waals surface area contributed by atoms with E-state index in [1.165, 1.54) is 42.6 Å². The average Bonchev–Trinajstić information content (AvgIpc) is 3.13. The van der Waals surface area contributed by atoms with E-state index < -0.39 is 42.3 Å². The number of hydrogen-bond donors (Lipinski definition) is 2. The maximum absolute atomic E-state index is 13.9. The molecule has 2 heterocycles. The second kappa shape index (κ2) is 8.57. The van der Waals surface area contributed by atoms with Crippen LogP contribution in [-0.2, 0) is 18.4 Å². The van der Waals surface area contributed by atoms with Gasteiger partial charge in [0.2, 0.25) is 0 Å². The predicted octanol–water partition coefficient (Wildman–Crippen LogP) is 5.44. The van der Waals surface area contributed by atoms with Crippen LogP contribution in [0.25, 0.3) is 11.3 Å². The molecule has 1 aromatic carbocycles. The molecule has 0 aliphatic heterocycles. The molecule has 0 spiro atoms. The second-order valence-corrected chi connectivity index (χ2v) is 8.24. The minimum absolute atomic E-state index is 0.0525. The summed E-state index contributed by atoms with van der Waals surface area (Å²) < 4.78 is 80.0. The van der Waals surface area contributed by atoms with Gasteiger partial charge in [-0.1, -0.05) is 38.1 Å². The van der Waals surface area contributed by atoms with Crippen LogP contribution in [0.1, 0.15) is 30.9 Å². The zero-order valence-corrected chi connectivity index (χ0v) is 17.2. The van der Waals surface area contributed by atoms with Crippen molar-refractivity contribution in [2.45, 2.75) is 44.9 Å². The molecule has 0 saturated heterocycles. The lowest BCUT2D eigenvalue weighted by atomic mass is 9.87. The maximum Gasteiger partial charge on any atom is 0.394 e. The summed E-state index contributed by atoms with van der Waals surface area (Å²) in [5.74, 6) is -0.584. The van der Waals surface area contributed by atoms with Crippen molar-refractivity contribution in [3.63, 3.8) is 0 Å². The molecule has 0 bridgehead atoms. The molecule has 1 unspecified atom stereocenters. The molecule has 3 rings (SSSR count). The molecule has 172 valence electrons. The minimum Gasteiger partial charge on any atom is -0.379 e. The van der Waals surface area contributed by atoms with Crippen molar-refractivity contribution in [3.8, 4) is 11.3 Å². The molecule has 1 atom stereocenters. The van der Waals surface area contributed by atoms with E-state index >= 15 is 0 Å². The smallest absolute Gasteiger partial charge is 0.379 e. The van der Waals surface area contributed by atoms with Gasteiger partial charge in [-0.2, -0.15) is 13.2 Å². The van der Waals surface area contributed by atoms with Crippen molar-refractivity contribution < 1.29 is 31.4 Å². The topological polar surface area (TPSA) is 61.8 Å². The Morgan fingerprint density at radius 2 is 1.66 bits per heavy atom. The third-order valence-corrected chi connectivity index (χ3v) is 5.28. The van der Waals surface area contributed by atoms with E-state index in [1.54, 1.807) is 0 Å². The lowest BCUT2D eigenvalue weighted by molar-refractivity contribution is -0.211. The van der Waals surface area contributed by atoms with Crippen LogP contribution in [0.5, 0.6) is 0 Å². The highest BCUT2D eigenvalue weighted by Crippen LogP contribution is 2.40. The number of rotatable bonds is 7. The molecule has 0 radical (unpaired) electrons. The molecular weight excluding hydrogens is 436 g/mol. The summed E-state index contributed by atoms with van der Waals surface area (Å²) in [4.78, 5) is 10.5. The first-order valence-corrected chi connectivity index (χ1v) is 9.65. The first-order valence-electron chi connectivity index (χ1n) is 9.65. The van der Waals surface area contributed by atoms with Gasteiger partial charge in [0.1, 0.15) is 11.6 Å². The van der Waals surface area contributed by atoms with Gasteiger partial charge in [-0.15, -0.1) is 0 Å². The number of pyridine rings is 1. The third kappa shape index (κ3) is 4.95. The molecule has 0 amide bonds. The van der Waals surface area contributed by atoms with Crippen molar-refractivity contribution in [2.24, 2.45) is 5.41 Å². The van der Waals surface area contributed by atoms with E-state index in [9.17, 15) is 31.4 Å². The first-order chi connectivity index (χ1) is 14.8. The number of nitrogens with zero attached hydrogens (tertiary/aromatic N) is 2. The van der Waals surface area contributed by atoms with E-state index in [-0.39, 0.29) is 17.1 Å². The standard InChI is InChI=1S/C22H21F6N3O/c1-20(2,22(26,27)28)9-16-12-30-18(31-16)10-21(32,19(24)25)14-5-3-13(4-6-14)17-8-7-15(23)11-29-17/h3-8,11-12,19,32H,9-10H2,1-2H3,(H,30,31). The van der Waals surface area contributed by atoms with Crippen LogP contribution >= 0.6 is 0 Å². The van der Waals surface area contributed by atoms with Gasteiger partial charge in [-0.05, 0) is 17.7 Å². The third-order valence-electron chi connectivity index (χ3n) is 5.28. The van der Waals surface area contributed by atoms with E-state index in [0.29, 0.717) is 11.3 Å². The molecule has 3 aromatic rings. The fourth-order valence-electron chi connectivity index (χ4n) is 3.18. The summed E-state index contributed by atoms with van der Waals surface area (Å²) in [6.07, 6.45) is -6.50. The number of nitrogens with one attached hydrogen (secondary N) is 1. The molecule has 0 fully saturated rings. The van der Waals surface area contributed by atoms with Crippen LogP contribution in [0.4, 0.5) is 26.3 Å². The van der Waals surface area contributed by atoms with Crippen molar-refractivity contribution >= 4 is 0 Å². The molecule has 10 heteroatoms. The van der Waals surface area contributed by atoms with Crippen LogP contribution in [-0.4, -0.2) is 32.7 Å². The normalized spacial score (nSPS) is 14.6. The minimum atomic E-state index is -4.46. The predicted molar refractivity (Wildman–Crippen MR) is 105 cm³/mol. The number of imidazole rings is 1. The van der Waals surface area contributed by atoms with Gasteiger partial charge >= 0.3 is 6.18 Å². The number of aromatic nitrogens is 3. The van der Waals surface area contributed by atoms with Crippen LogP contribution in [0.2, 0.25) is 0 Å². The van der Waals surface area contributed by atoms with Crippen LogP contribution in [0.3, 0.4) is 0 Å². The largest absolute Gasteiger partial charge is 0.394 e. The van der Waals surface area contributed by atoms with Gasteiger partial charge in [0.05, 0.1) is 23.0 Å². The quantitative estimate of drug-likeness (QED) is 0.465. The number of halogens is 6. The molecule has 0 aliphatic rings. The SMILES string of the molecule is CC(C)(Cc1c[nH]c(CC(O)(c2ccc(-c3ccc(F)cn3)cc2)C(F)F)n1)C(F)(F)F. The highest BCUT2D eigenvalue weighted by molar-refractivity contribution is 5.59. The summed E-state index contributed by atoms with van der Waals surface area (Å²) in [5, 5.41) is 10.7. The van der Waals surface area contributed by atoms with Gasteiger partial charge in [-0.3, -0.25) is 4.98 Å². The summed E-state index contributed by atoms with van der Waals surface area (Å²) in [7, 11) is 0. The van der Waals surface area contributed by atoms with Gasteiger partial charge in [0.25, 0.3) is 6.43 Å². The summed E-state index contributed by atoms with van der Waals surface area (Å²) >= 11 is 0. The molecule has 0 saturated carbocycles. The van der Waals surface area contributed by atoms with E-state index in [4.69, 9.17) is 0 Å². The van der Waals surface area contributed by atoms with Crippen LogP contribution in [0.15, 0.2) is 48.8 Å². The summed E-state index contributed by atoms with van der Waals surface area (Å²) in [5.41, 5.74) is -3.78. The van der Waals surface area contributed by atoms with Crippen molar-refractivity contribution in [1.29, 1.82) is 0 Å². The Bertz CT molecular complexity index is 1040. The fourth-order valence-corrected chi connectivity index (χ4v) is 3.18. The number of H-pyrrole nitrogens is 1. The Balaban J connectivity index is 1.82. The Morgan fingerprint density at radius 3 is 2.19 bits per heavy atom. The fraction of sp³-hybridized carbons (Fsp3) is 0.364. The number of aromatic amines is 1. The van der Waals surface area contributed by atoms with Crippen LogP contribution < -0.4 is 0 Å². The first kappa shape index (κ1) is 23.8. The van der Waals surface area contributed by atoms with E-state index in [1.807, 2.05) is 0 Å². The number of hydrogen-bond acceptors (Lipinski definition) is 3. The number of benzene rings is 1. The molecule has 32 heavy (non-hydrogen) atoms. The highest BCUT2D eigenvalue weighted by atomic mass is 19.4. The number of aliphatic hydroxyl groups is 1. The average molecular weight is 457 g/mol. The Labute approximate surface area is 180 Å². The molecule has 2 aromatic heterocycles. The Hall–Kier alpha value is -2.88. The number of alkyl halides is 5. The van der Waals surface area contributed by atoms with Gasteiger partial charge in [0.15, 0.2) is 5.60 Å². The van der Waals surface area contributed by atoms with Crippen molar-refractivity contribution in [3.05, 3.63) is 71.7 Å². The zero-order chi connectivity index (χ0) is 23.7. The monoisotopic (exact) mass is 457 g/mol. The molecular formula is C22H21F6N3O. The summed E-state index contributed by atoms with van der Waals surface area (Å²) in [6.45, 7) is 2.04. The van der Waals surface area contributed by atoms with Gasteiger partial charge in [-0.25, -0.2) is 18.2 Å². The maximum atomic E-state index is 13.9. The van der Waals surface area contributed by atoms with E-state index in [0.717, 1.165) is 20.0 Å². The zero-order valence-electron chi connectivity index (χ0n) is 17.2. The van der Waals surface area contributed by atoms with Gasteiger partial charge < -0.3 is 10.1 Å². The molecule has 2 N–H and O–H groups in total. The summed E-state index contributed by atoms with van der Waals surface area (Å²) in [6, 6.07) is 8.15. The Morgan fingerprint density at radius 1 is 1.00 bits per heavy atom. The molecule has 4 nitrogen and oxygen atoms in total. The lowest BCUT2D eigenvalue weighted by Crippen LogP contribution is -2.37. The van der Waals surface area contributed by atoms with Crippen molar-refractivity contribution in [2.75, 3.05) is 0 Å². The van der Waals surface area contributed by atoms with Crippen LogP contribution in [0, 0.1) is 11.2 Å². The molecule has 0 aliphatic carbocycles.